The van der Waals surface area contributed by atoms with Gasteiger partial charge in [-0.25, -0.2) is 0 Å². The highest BCUT2D eigenvalue weighted by molar-refractivity contribution is 5.96. The highest BCUT2D eigenvalue weighted by Crippen LogP contribution is 2.36. The summed E-state index contributed by atoms with van der Waals surface area (Å²) in [6.07, 6.45) is 0.768. The van der Waals surface area contributed by atoms with Gasteiger partial charge in [0.2, 0.25) is 12.7 Å². The zero-order chi connectivity index (χ0) is 17.2. The zero-order valence-electron chi connectivity index (χ0n) is 13.7. The van der Waals surface area contributed by atoms with Gasteiger partial charge in [0.05, 0.1) is 6.54 Å². The SMILES string of the molecule is O=C(NCC(=O)N1CCc2cc3c(cc2C1)OCO3)c1ccccc1. The Labute approximate surface area is 145 Å². The van der Waals surface area contributed by atoms with E-state index in [-0.39, 0.29) is 25.2 Å². The first kappa shape index (κ1) is 15.5. The highest BCUT2D eigenvalue weighted by atomic mass is 16.7. The predicted molar refractivity (Wildman–Crippen MR) is 90.5 cm³/mol. The average Bonchev–Trinajstić information content (AvgIpc) is 3.11. The largest absolute Gasteiger partial charge is 0.454 e. The smallest absolute Gasteiger partial charge is 0.251 e. The molecule has 6 heteroatoms. The van der Waals surface area contributed by atoms with Gasteiger partial charge in [0.1, 0.15) is 0 Å². The second-order valence-electron chi connectivity index (χ2n) is 6.09. The third kappa shape index (κ3) is 3.15. The lowest BCUT2D eigenvalue weighted by atomic mass is 9.99. The first-order chi connectivity index (χ1) is 12.2. The first-order valence-corrected chi connectivity index (χ1v) is 8.23. The van der Waals surface area contributed by atoms with Crippen LogP contribution in [0.2, 0.25) is 0 Å². The standard InChI is InChI=1S/C19H18N2O4/c22-18(10-20-19(23)13-4-2-1-3-5-13)21-7-6-14-8-16-17(25-12-24-16)9-15(14)11-21/h1-5,8-9H,6-7,10-12H2,(H,20,23). The van der Waals surface area contributed by atoms with Gasteiger partial charge in [0.15, 0.2) is 11.5 Å². The van der Waals surface area contributed by atoms with Crippen LogP contribution < -0.4 is 14.8 Å². The topological polar surface area (TPSA) is 67.9 Å². The molecule has 6 nitrogen and oxygen atoms in total. The molecule has 0 unspecified atom stereocenters. The summed E-state index contributed by atoms with van der Waals surface area (Å²) in [4.78, 5) is 26.2. The van der Waals surface area contributed by atoms with E-state index in [0.29, 0.717) is 18.7 Å². The molecule has 0 saturated carbocycles. The fourth-order valence-electron chi connectivity index (χ4n) is 3.12. The molecule has 2 aromatic carbocycles. The Kier molecular flexibility index (Phi) is 4.01. The third-order valence-corrected chi connectivity index (χ3v) is 4.50. The van der Waals surface area contributed by atoms with Gasteiger partial charge in [-0.3, -0.25) is 9.59 Å². The molecular weight excluding hydrogens is 320 g/mol. The molecule has 0 saturated heterocycles. The Morgan fingerprint density at radius 3 is 2.52 bits per heavy atom. The highest BCUT2D eigenvalue weighted by Gasteiger charge is 2.24. The number of hydrogen-bond donors (Lipinski definition) is 1. The van der Waals surface area contributed by atoms with Crippen LogP contribution in [0.25, 0.3) is 0 Å². The minimum absolute atomic E-state index is 0.00634. The summed E-state index contributed by atoms with van der Waals surface area (Å²) in [5.74, 6) is 1.17. The van der Waals surface area contributed by atoms with E-state index in [1.54, 1.807) is 29.2 Å². The summed E-state index contributed by atoms with van der Waals surface area (Å²) >= 11 is 0. The molecule has 0 fully saturated rings. The molecule has 25 heavy (non-hydrogen) atoms. The number of nitrogens with zero attached hydrogens (tertiary/aromatic N) is 1. The van der Waals surface area contributed by atoms with Crippen molar-refractivity contribution in [2.75, 3.05) is 19.9 Å². The maximum Gasteiger partial charge on any atom is 0.251 e. The number of nitrogens with one attached hydrogen (secondary N) is 1. The van der Waals surface area contributed by atoms with Crippen molar-refractivity contribution in [3.05, 3.63) is 59.2 Å². The molecule has 1 N–H and O–H groups in total. The summed E-state index contributed by atoms with van der Waals surface area (Å²) in [5, 5.41) is 2.69. The fraction of sp³-hybridized carbons (Fsp3) is 0.263. The maximum absolute atomic E-state index is 12.4. The molecule has 128 valence electrons. The van der Waals surface area contributed by atoms with E-state index in [4.69, 9.17) is 9.47 Å². The van der Waals surface area contributed by atoms with Crippen LogP contribution in [0.3, 0.4) is 0 Å². The molecule has 0 spiro atoms. The Balaban J connectivity index is 1.38. The summed E-state index contributed by atoms with van der Waals surface area (Å²) in [7, 11) is 0. The number of hydrogen-bond acceptors (Lipinski definition) is 4. The van der Waals surface area contributed by atoms with Gasteiger partial charge in [-0.2, -0.15) is 0 Å². The van der Waals surface area contributed by atoms with Crippen LogP contribution in [0.1, 0.15) is 21.5 Å². The molecule has 2 aliphatic rings. The normalized spacial score (nSPS) is 14.8. The lowest BCUT2D eigenvalue weighted by Crippen LogP contribution is -2.42. The van der Waals surface area contributed by atoms with Crippen molar-refractivity contribution in [1.82, 2.24) is 10.2 Å². The van der Waals surface area contributed by atoms with Crippen LogP contribution in [0.5, 0.6) is 11.5 Å². The number of amides is 2. The Morgan fingerprint density at radius 2 is 1.76 bits per heavy atom. The number of fused-ring (bicyclic) bond motifs is 2. The van der Waals surface area contributed by atoms with Gasteiger partial charge < -0.3 is 19.7 Å². The molecule has 2 amide bonds. The fourth-order valence-corrected chi connectivity index (χ4v) is 3.12. The van der Waals surface area contributed by atoms with Gasteiger partial charge in [0, 0.05) is 18.7 Å². The van der Waals surface area contributed by atoms with Crippen molar-refractivity contribution in [1.29, 1.82) is 0 Å². The zero-order valence-corrected chi connectivity index (χ0v) is 13.7. The molecule has 2 aromatic rings. The molecule has 0 atom stereocenters. The van der Waals surface area contributed by atoms with Crippen molar-refractivity contribution in [2.24, 2.45) is 0 Å². The monoisotopic (exact) mass is 338 g/mol. The number of carbonyl (C=O) groups is 2. The molecule has 0 radical (unpaired) electrons. The van der Waals surface area contributed by atoms with E-state index < -0.39 is 0 Å². The molecule has 0 bridgehead atoms. The number of carbonyl (C=O) groups excluding carboxylic acids is 2. The summed E-state index contributed by atoms with van der Waals surface area (Å²) in [5.41, 5.74) is 2.80. The number of benzene rings is 2. The number of ether oxygens (including phenoxy) is 2. The van der Waals surface area contributed by atoms with Crippen molar-refractivity contribution in [2.45, 2.75) is 13.0 Å². The van der Waals surface area contributed by atoms with Crippen molar-refractivity contribution >= 4 is 11.8 Å². The van der Waals surface area contributed by atoms with Crippen LogP contribution in [0.15, 0.2) is 42.5 Å². The van der Waals surface area contributed by atoms with E-state index in [9.17, 15) is 9.59 Å². The van der Waals surface area contributed by atoms with E-state index in [1.165, 1.54) is 5.56 Å². The van der Waals surface area contributed by atoms with Gasteiger partial charge in [-0.15, -0.1) is 0 Å². The van der Waals surface area contributed by atoms with Crippen LogP contribution in [0.4, 0.5) is 0 Å². The minimum Gasteiger partial charge on any atom is -0.454 e. The van der Waals surface area contributed by atoms with Gasteiger partial charge in [0.25, 0.3) is 5.91 Å². The Bertz CT molecular complexity index is 820. The molecule has 0 aromatic heterocycles. The summed E-state index contributed by atoms with van der Waals surface area (Å²) in [6, 6.07) is 12.8. The molecule has 2 aliphatic heterocycles. The van der Waals surface area contributed by atoms with Crippen molar-refractivity contribution < 1.29 is 19.1 Å². The van der Waals surface area contributed by atoms with Crippen LogP contribution in [0, 0.1) is 0 Å². The van der Waals surface area contributed by atoms with Gasteiger partial charge in [-0.05, 0) is 41.8 Å². The molecule has 0 aliphatic carbocycles. The predicted octanol–water partition coefficient (Wildman–Crippen LogP) is 1.73. The van der Waals surface area contributed by atoms with Crippen molar-refractivity contribution in [3.63, 3.8) is 0 Å². The lowest BCUT2D eigenvalue weighted by Gasteiger charge is -2.29. The van der Waals surface area contributed by atoms with Crippen LogP contribution in [-0.2, 0) is 17.8 Å². The number of rotatable bonds is 3. The summed E-state index contributed by atoms with van der Waals surface area (Å²) in [6.45, 7) is 1.39. The van der Waals surface area contributed by atoms with E-state index in [2.05, 4.69) is 5.32 Å². The Morgan fingerprint density at radius 1 is 1.04 bits per heavy atom. The first-order valence-electron chi connectivity index (χ1n) is 8.23. The third-order valence-electron chi connectivity index (χ3n) is 4.50. The van der Waals surface area contributed by atoms with E-state index in [1.807, 2.05) is 18.2 Å². The van der Waals surface area contributed by atoms with E-state index in [0.717, 1.165) is 23.5 Å². The molecular formula is C19H18N2O4. The van der Waals surface area contributed by atoms with Crippen LogP contribution in [-0.4, -0.2) is 36.6 Å². The quantitative estimate of drug-likeness (QED) is 0.925. The second kappa shape index (κ2) is 6.47. The lowest BCUT2D eigenvalue weighted by molar-refractivity contribution is -0.131. The molecule has 4 rings (SSSR count). The molecule has 2 heterocycles. The van der Waals surface area contributed by atoms with Crippen molar-refractivity contribution in [3.8, 4) is 11.5 Å². The van der Waals surface area contributed by atoms with E-state index >= 15 is 0 Å². The van der Waals surface area contributed by atoms with Gasteiger partial charge in [-0.1, -0.05) is 18.2 Å². The van der Waals surface area contributed by atoms with Crippen LogP contribution >= 0.6 is 0 Å². The Hall–Kier alpha value is -3.02. The minimum atomic E-state index is -0.241. The maximum atomic E-state index is 12.4. The second-order valence-corrected chi connectivity index (χ2v) is 6.09. The summed E-state index contributed by atoms with van der Waals surface area (Å²) < 4.78 is 10.8. The average molecular weight is 338 g/mol. The van der Waals surface area contributed by atoms with Gasteiger partial charge >= 0.3 is 0 Å².